The molecule has 1 rings (SSSR count). The van der Waals surface area contributed by atoms with Crippen molar-refractivity contribution >= 4 is 11.7 Å². The van der Waals surface area contributed by atoms with Crippen LogP contribution in [0.2, 0.25) is 0 Å². The SMILES string of the molecule is COC(=O)c1cc(C)cc(C)c1[NH-].[K+]. The Balaban J connectivity index is 0.00000169. The minimum Gasteiger partial charge on any atom is -0.698 e. The van der Waals surface area contributed by atoms with Crippen LogP contribution in [0.15, 0.2) is 12.1 Å². The molecule has 0 aliphatic heterocycles. The molecule has 1 aromatic rings. The number of carbonyl (C=O) groups is 1. The van der Waals surface area contributed by atoms with E-state index in [-0.39, 0.29) is 57.1 Å². The third kappa shape index (κ3) is 3.07. The fraction of sp³-hybridized carbons (Fsp3) is 0.300. The van der Waals surface area contributed by atoms with Gasteiger partial charge in [-0.25, -0.2) is 4.79 Å². The molecule has 0 unspecified atom stereocenters. The first kappa shape index (κ1) is 14.1. The van der Waals surface area contributed by atoms with Crippen molar-refractivity contribution in [2.45, 2.75) is 13.8 Å². The molecule has 0 fully saturated rings. The number of ether oxygens (including phenoxy) is 1. The molecule has 0 aliphatic carbocycles. The summed E-state index contributed by atoms with van der Waals surface area (Å²) in [6.45, 7) is 3.70. The average Bonchev–Trinajstić information content (AvgIpc) is 2.10. The molecular weight excluding hydrogens is 205 g/mol. The van der Waals surface area contributed by atoms with Crippen molar-refractivity contribution in [1.29, 1.82) is 0 Å². The maximum atomic E-state index is 11.2. The quantitative estimate of drug-likeness (QED) is 0.482. The van der Waals surface area contributed by atoms with Crippen LogP contribution in [0.5, 0.6) is 0 Å². The molecule has 0 spiro atoms. The fourth-order valence-electron chi connectivity index (χ4n) is 1.24. The van der Waals surface area contributed by atoms with Gasteiger partial charge in [-0.3, -0.25) is 0 Å². The number of carbonyl (C=O) groups excluding carboxylic acids is 1. The van der Waals surface area contributed by atoms with E-state index in [1.807, 2.05) is 19.9 Å². The van der Waals surface area contributed by atoms with Crippen LogP contribution in [0.1, 0.15) is 21.5 Å². The number of rotatable bonds is 1. The van der Waals surface area contributed by atoms with Crippen LogP contribution in [-0.2, 0) is 4.74 Å². The molecule has 0 saturated carbocycles. The monoisotopic (exact) mass is 217 g/mol. The van der Waals surface area contributed by atoms with Gasteiger partial charge in [0.2, 0.25) is 0 Å². The van der Waals surface area contributed by atoms with Crippen LogP contribution < -0.4 is 51.4 Å². The van der Waals surface area contributed by atoms with Crippen molar-refractivity contribution < 1.29 is 60.9 Å². The summed E-state index contributed by atoms with van der Waals surface area (Å²) in [5, 5.41) is 0. The summed E-state index contributed by atoms with van der Waals surface area (Å²) in [5.74, 6) is -0.447. The Hall–Kier alpha value is 0.126. The van der Waals surface area contributed by atoms with Crippen molar-refractivity contribution in [3.05, 3.63) is 34.6 Å². The van der Waals surface area contributed by atoms with Crippen LogP contribution in [0.3, 0.4) is 0 Å². The number of benzene rings is 1. The van der Waals surface area contributed by atoms with Crippen LogP contribution in [-0.4, -0.2) is 13.1 Å². The third-order valence-electron chi connectivity index (χ3n) is 1.89. The summed E-state index contributed by atoms with van der Waals surface area (Å²) in [5.41, 5.74) is 9.96. The Bertz CT molecular complexity index is 350. The number of aryl methyl sites for hydroxylation is 2. The Labute approximate surface area is 126 Å². The molecule has 0 bridgehead atoms. The van der Waals surface area contributed by atoms with Crippen LogP contribution in [0.4, 0.5) is 5.69 Å². The van der Waals surface area contributed by atoms with Crippen LogP contribution in [0.25, 0.3) is 5.73 Å². The fourth-order valence-corrected chi connectivity index (χ4v) is 1.24. The first-order valence-electron chi connectivity index (χ1n) is 3.97. The van der Waals surface area contributed by atoms with Gasteiger partial charge in [-0.1, -0.05) is 17.2 Å². The van der Waals surface area contributed by atoms with Gasteiger partial charge in [0.15, 0.2) is 0 Å². The van der Waals surface area contributed by atoms with Gasteiger partial charge >= 0.3 is 57.4 Å². The van der Waals surface area contributed by atoms with E-state index in [0.717, 1.165) is 11.1 Å². The molecule has 0 aliphatic rings. The van der Waals surface area contributed by atoms with Gasteiger partial charge in [0, 0.05) is 5.56 Å². The molecule has 0 saturated heterocycles. The second-order valence-corrected chi connectivity index (χ2v) is 3.00. The number of methoxy groups -OCH3 is 1. The zero-order valence-electron chi connectivity index (χ0n) is 8.97. The van der Waals surface area contributed by atoms with Crippen molar-refractivity contribution in [3.8, 4) is 0 Å². The van der Waals surface area contributed by atoms with E-state index in [2.05, 4.69) is 4.74 Å². The number of esters is 1. The minimum absolute atomic E-state index is 0. The average molecular weight is 217 g/mol. The molecule has 14 heavy (non-hydrogen) atoms. The summed E-state index contributed by atoms with van der Waals surface area (Å²) in [4.78, 5) is 11.2. The summed E-state index contributed by atoms with van der Waals surface area (Å²) in [6, 6.07) is 3.54. The zero-order chi connectivity index (χ0) is 10.0. The van der Waals surface area contributed by atoms with E-state index in [0.29, 0.717) is 5.56 Å². The summed E-state index contributed by atoms with van der Waals surface area (Å²) >= 11 is 0. The smallest absolute Gasteiger partial charge is 0.698 e. The van der Waals surface area contributed by atoms with Crippen molar-refractivity contribution in [2.24, 2.45) is 0 Å². The first-order valence-corrected chi connectivity index (χ1v) is 3.97. The molecule has 0 heterocycles. The Morgan fingerprint density at radius 3 is 2.43 bits per heavy atom. The summed E-state index contributed by atoms with van der Waals surface area (Å²) in [7, 11) is 1.32. The third-order valence-corrected chi connectivity index (χ3v) is 1.89. The molecule has 70 valence electrons. The maximum absolute atomic E-state index is 11.2. The number of hydrogen-bond donors (Lipinski definition) is 0. The first-order chi connectivity index (χ1) is 6.06. The van der Waals surface area contributed by atoms with Crippen LogP contribution in [0, 0.1) is 13.8 Å². The van der Waals surface area contributed by atoms with E-state index in [1.54, 1.807) is 6.07 Å². The molecular formula is C10H12KNO2. The largest absolute Gasteiger partial charge is 1.00 e. The summed E-state index contributed by atoms with van der Waals surface area (Å²) < 4.78 is 4.57. The molecule has 1 aromatic carbocycles. The number of nitrogens with one attached hydrogen (secondary N) is 1. The van der Waals surface area contributed by atoms with Gasteiger partial charge in [-0.2, -0.15) is 0 Å². The van der Waals surface area contributed by atoms with Crippen molar-refractivity contribution in [3.63, 3.8) is 0 Å². The van der Waals surface area contributed by atoms with Crippen LogP contribution >= 0.6 is 0 Å². The van der Waals surface area contributed by atoms with Gasteiger partial charge in [0.1, 0.15) is 0 Å². The second-order valence-electron chi connectivity index (χ2n) is 3.00. The van der Waals surface area contributed by atoms with Crippen molar-refractivity contribution in [1.82, 2.24) is 0 Å². The molecule has 0 aromatic heterocycles. The predicted molar refractivity (Wildman–Crippen MR) is 51.2 cm³/mol. The molecule has 3 nitrogen and oxygen atoms in total. The van der Waals surface area contributed by atoms with E-state index < -0.39 is 5.97 Å². The molecule has 0 atom stereocenters. The maximum Gasteiger partial charge on any atom is 1.00 e. The molecule has 0 radical (unpaired) electrons. The Kier molecular flexibility index (Phi) is 5.93. The normalized spacial score (nSPS) is 9.07. The van der Waals surface area contributed by atoms with Gasteiger partial charge in [-0.05, 0) is 19.9 Å². The minimum atomic E-state index is -0.447. The van der Waals surface area contributed by atoms with E-state index in [9.17, 15) is 4.79 Å². The van der Waals surface area contributed by atoms with Gasteiger partial charge in [-0.15, -0.1) is 5.69 Å². The summed E-state index contributed by atoms with van der Waals surface area (Å²) in [6.07, 6.45) is 0. The van der Waals surface area contributed by atoms with E-state index in [4.69, 9.17) is 5.73 Å². The van der Waals surface area contributed by atoms with Gasteiger partial charge in [0.25, 0.3) is 0 Å². The zero-order valence-corrected chi connectivity index (χ0v) is 12.1. The molecule has 1 N–H and O–H groups in total. The molecule has 4 heteroatoms. The van der Waals surface area contributed by atoms with Gasteiger partial charge < -0.3 is 10.5 Å². The Morgan fingerprint density at radius 1 is 1.36 bits per heavy atom. The second kappa shape index (κ2) is 5.87. The van der Waals surface area contributed by atoms with E-state index >= 15 is 0 Å². The van der Waals surface area contributed by atoms with Gasteiger partial charge in [0.05, 0.1) is 7.11 Å². The topological polar surface area (TPSA) is 50.1 Å². The Morgan fingerprint density at radius 2 is 1.93 bits per heavy atom. The van der Waals surface area contributed by atoms with E-state index in [1.165, 1.54) is 7.11 Å². The predicted octanol–water partition coefficient (Wildman–Crippen LogP) is -0.222. The molecule has 0 amide bonds. The number of hydrogen-bond acceptors (Lipinski definition) is 2. The van der Waals surface area contributed by atoms with Crippen molar-refractivity contribution in [2.75, 3.05) is 7.11 Å². The standard InChI is InChI=1S/C10H13NO2.K/c1-6-4-7(2)9(11)8(5-6)10(12)13-3;/h4-5H,1-3H3,(H2,11,12);/q;+1/p-1.